The number of carbonyl (C=O) groups is 1. The smallest absolute Gasteiger partial charge is 0.265 e. The molecular weight excluding hydrogens is 350 g/mol. The van der Waals surface area contributed by atoms with Crippen molar-refractivity contribution in [2.24, 2.45) is 0 Å². The second-order valence-corrected chi connectivity index (χ2v) is 6.52. The average molecular weight is 368 g/mol. The number of halogens is 1. The minimum atomic E-state index is 0. The van der Waals surface area contributed by atoms with Crippen LogP contribution in [0.4, 0.5) is 0 Å². The second kappa shape index (κ2) is 7.38. The van der Waals surface area contributed by atoms with Crippen LogP contribution in [0.15, 0.2) is 24.4 Å². The van der Waals surface area contributed by atoms with Crippen molar-refractivity contribution in [3.8, 4) is 22.1 Å². The van der Waals surface area contributed by atoms with Crippen molar-refractivity contribution in [3.05, 3.63) is 29.3 Å². The third-order valence-electron chi connectivity index (χ3n) is 3.96. The summed E-state index contributed by atoms with van der Waals surface area (Å²) in [4.78, 5) is 19.6. The topological polar surface area (TPSA) is 63.7 Å². The average Bonchev–Trinajstić information content (AvgIpc) is 3.16. The number of rotatable bonds is 2. The number of aromatic nitrogens is 1. The molecule has 0 atom stereocenters. The lowest BCUT2D eigenvalue weighted by Crippen LogP contribution is -2.33. The quantitative estimate of drug-likeness (QED) is 0.883. The van der Waals surface area contributed by atoms with Gasteiger partial charge in [0.15, 0.2) is 11.5 Å². The summed E-state index contributed by atoms with van der Waals surface area (Å²) < 4.78 is 10.7. The first-order valence-corrected chi connectivity index (χ1v) is 8.49. The third kappa shape index (κ3) is 3.33. The first-order chi connectivity index (χ1) is 11.3. The molecule has 2 aliphatic heterocycles. The van der Waals surface area contributed by atoms with Crippen LogP contribution in [0.1, 0.15) is 16.1 Å². The Morgan fingerprint density at radius 1 is 1.21 bits per heavy atom. The maximum absolute atomic E-state index is 12.6. The number of benzene rings is 1. The summed E-state index contributed by atoms with van der Waals surface area (Å²) in [6.45, 7) is 3.61. The second-order valence-electron chi connectivity index (χ2n) is 5.49. The fraction of sp³-hybridized carbons (Fsp3) is 0.375. The molecule has 0 bridgehead atoms. The summed E-state index contributed by atoms with van der Waals surface area (Å²) in [7, 11) is 0. The molecule has 0 radical (unpaired) electrons. The summed E-state index contributed by atoms with van der Waals surface area (Å²) in [5.41, 5.74) is 0.941. The fourth-order valence-electron chi connectivity index (χ4n) is 2.74. The van der Waals surface area contributed by atoms with Crippen LogP contribution in [-0.2, 0) is 0 Å². The molecule has 0 aliphatic carbocycles. The lowest BCUT2D eigenvalue weighted by molar-refractivity contribution is 0.0771. The van der Waals surface area contributed by atoms with Crippen LogP contribution >= 0.6 is 23.7 Å². The standard InChI is InChI=1S/C16H17N3O3S.ClH/c20-16(19-6-1-4-17-5-7-19)14-9-18-15(23-14)11-2-3-12-13(8-11)22-10-21-12;/h2-3,8-9,17H,1,4-7,10H2;1H. The minimum absolute atomic E-state index is 0. The number of ether oxygens (including phenoxy) is 2. The van der Waals surface area contributed by atoms with Gasteiger partial charge in [-0.1, -0.05) is 0 Å². The van der Waals surface area contributed by atoms with E-state index in [1.54, 1.807) is 6.20 Å². The van der Waals surface area contributed by atoms with Crippen LogP contribution in [0.3, 0.4) is 0 Å². The van der Waals surface area contributed by atoms with Gasteiger partial charge in [-0.2, -0.15) is 0 Å². The molecule has 128 valence electrons. The summed E-state index contributed by atoms with van der Waals surface area (Å²) >= 11 is 1.42. The van der Waals surface area contributed by atoms with E-state index in [9.17, 15) is 4.79 Å². The minimum Gasteiger partial charge on any atom is -0.454 e. The van der Waals surface area contributed by atoms with Gasteiger partial charge in [-0.15, -0.1) is 23.7 Å². The van der Waals surface area contributed by atoms with Gasteiger partial charge in [-0.05, 0) is 31.2 Å². The highest BCUT2D eigenvalue weighted by Crippen LogP contribution is 2.37. The molecule has 0 saturated carbocycles. The molecule has 1 aromatic carbocycles. The van der Waals surface area contributed by atoms with Gasteiger partial charge in [0.25, 0.3) is 5.91 Å². The van der Waals surface area contributed by atoms with Gasteiger partial charge < -0.3 is 19.7 Å². The van der Waals surface area contributed by atoms with Crippen LogP contribution in [0.2, 0.25) is 0 Å². The Hall–Kier alpha value is -1.83. The maximum Gasteiger partial charge on any atom is 0.265 e. The van der Waals surface area contributed by atoms with Crippen molar-refractivity contribution in [1.82, 2.24) is 15.2 Å². The first kappa shape index (κ1) is 17.0. The molecule has 2 aromatic rings. The number of amides is 1. The van der Waals surface area contributed by atoms with E-state index >= 15 is 0 Å². The number of hydrogen-bond acceptors (Lipinski definition) is 6. The predicted molar refractivity (Wildman–Crippen MR) is 94.3 cm³/mol. The highest BCUT2D eigenvalue weighted by molar-refractivity contribution is 7.16. The monoisotopic (exact) mass is 367 g/mol. The lowest BCUT2D eigenvalue weighted by atomic mass is 10.2. The molecule has 1 amide bonds. The summed E-state index contributed by atoms with van der Waals surface area (Å²) in [5.74, 6) is 1.54. The largest absolute Gasteiger partial charge is 0.454 e. The van der Waals surface area contributed by atoms with Crippen LogP contribution in [0, 0.1) is 0 Å². The fourth-order valence-corrected chi connectivity index (χ4v) is 3.62. The van der Waals surface area contributed by atoms with Gasteiger partial charge in [0, 0.05) is 25.2 Å². The van der Waals surface area contributed by atoms with Crippen molar-refractivity contribution in [2.45, 2.75) is 6.42 Å². The molecule has 4 rings (SSSR count). The number of thiazole rings is 1. The van der Waals surface area contributed by atoms with Crippen molar-refractivity contribution in [2.75, 3.05) is 33.0 Å². The molecule has 0 spiro atoms. The summed E-state index contributed by atoms with van der Waals surface area (Å²) in [6, 6.07) is 5.72. The molecule has 1 fully saturated rings. The Morgan fingerprint density at radius 2 is 2.08 bits per heavy atom. The molecule has 1 aromatic heterocycles. The van der Waals surface area contributed by atoms with E-state index in [0.717, 1.165) is 54.7 Å². The molecule has 1 N–H and O–H groups in total. The number of nitrogens with zero attached hydrogens (tertiary/aromatic N) is 2. The van der Waals surface area contributed by atoms with Crippen molar-refractivity contribution >= 4 is 29.7 Å². The SMILES string of the molecule is Cl.O=C(c1cnc(-c2ccc3c(c2)OCO3)s1)N1CCCNCC1. The highest BCUT2D eigenvalue weighted by Gasteiger charge is 2.21. The number of fused-ring (bicyclic) bond motifs is 1. The zero-order valence-corrected chi connectivity index (χ0v) is 14.6. The van der Waals surface area contributed by atoms with E-state index in [1.165, 1.54) is 11.3 Å². The Labute approximate surface area is 150 Å². The van der Waals surface area contributed by atoms with Gasteiger partial charge >= 0.3 is 0 Å². The molecule has 8 heteroatoms. The number of carbonyl (C=O) groups excluding carboxylic acids is 1. The summed E-state index contributed by atoms with van der Waals surface area (Å²) in [6.07, 6.45) is 2.66. The molecule has 1 saturated heterocycles. The van der Waals surface area contributed by atoms with Crippen molar-refractivity contribution in [1.29, 1.82) is 0 Å². The zero-order chi connectivity index (χ0) is 15.6. The van der Waals surface area contributed by atoms with E-state index in [4.69, 9.17) is 9.47 Å². The molecule has 6 nitrogen and oxygen atoms in total. The highest BCUT2D eigenvalue weighted by atomic mass is 35.5. The molecule has 0 unspecified atom stereocenters. The van der Waals surface area contributed by atoms with Crippen LogP contribution in [0.5, 0.6) is 11.5 Å². The Morgan fingerprint density at radius 3 is 3.00 bits per heavy atom. The van der Waals surface area contributed by atoms with E-state index in [-0.39, 0.29) is 25.1 Å². The van der Waals surface area contributed by atoms with Gasteiger partial charge in [0.2, 0.25) is 6.79 Å². The Balaban J connectivity index is 0.00000169. The van der Waals surface area contributed by atoms with E-state index in [2.05, 4.69) is 10.3 Å². The Bertz CT molecular complexity index is 729. The molecule has 24 heavy (non-hydrogen) atoms. The maximum atomic E-state index is 12.6. The van der Waals surface area contributed by atoms with Gasteiger partial charge in [0.1, 0.15) is 9.88 Å². The predicted octanol–water partition coefficient (Wildman–Crippen LogP) is 2.40. The lowest BCUT2D eigenvalue weighted by Gasteiger charge is -2.18. The zero-order valence-electron chi connectivity index (χ0n) is 13.0. The van der Waals surface area contributed by atoms with Crippen molar-refractivity contribution in [3.63, 3.8) is 0 Å². The molecule has 3 heterocycles. The van der Waals surface area contributed by atoms with E-state index < -0.39 is 0 Å². The molecular formula is C16H18ClN3O3S. The van der Waals surface area contributed by atoms with Gasteiger partial charge in [-0.25, -0.2) is 4.98 Å². The Kier molecular flexibility index (Phi) is 5.23. The van der Waals surface area contributed by atoms with Gasteiger partial charge in [-0.3, -0.25) is 4.79 Å². The number of nitrogens with one attached hydrogen (secondary N) is 1. The van der Waals surface area contributed by atoms with E-state index in [0.29, 0.717) is 4.88 Å². The normalized spacial score (nSPS) is 16.4. The van der Waals surface area contributed by atoms with E-state index in [1.807, 2.05) is 23.1 Å². The number of hydrogen-bond donors (Lipinski definition) is 1. The van der Waals surface area contributed by atoms with Crippen molar-refractivity contribution < 1.29 is 14.3 Å². The summed E-state index contributed by atoms with van der Waals surface area (Å²) in [5, 5.41) is 4.13. The van der Waals surface area contributed by atoms with Crippen LogP contribution in [-0.4, -0.2) is 48.8 Å². The van der Waals surface area contributed by atoms with Crippen LogP contribution in [0.25, 0.3) is 10.6 Å². The van der Waals surface area contributed by atoms with Crippen LogP contribution < -0.4 is 14.8 Å². The van der Waals surface area contributed by atoms with Gasteiger partial charge in [0.05, 0.1) is 6.20 Å². The first-order valence-electron chi connectivity index (χ1n) is 7.67. The molecule has 2 aliphatic rings. The third-order valence-corrected chi connectivity index (χ3v) is 5.00.